The normalized spacial score (nSPS) is 10.9. The number of hydrogen-bond donors (Lipinski definition) is 1. The molecular weight excluding hydrogens is 408 g/mol. The van der Waals surface area contributed by atoms with E-state index in [4.69, 9.17) is 16.3 Å². The monoisotopic (exact) mass is 424 g/mol. The lowest BCUT2D eigenvalue weighted by Crippen LogP contribution is -2.22. The predicted octanol–water partition coefficient (Wildman–Crippen LogP) is 2.38. The first-order valence-corrected chi connectivity index (χ1v) is 9.18. The molecule has 0 radical (unpaired) electrons. The summed E-state index contributed by atoms with van der Waals surface area (Å²) in [5.74, 6) is 0.442. The number of carbonyl (C=O) groups is 1. The zero-order valence-corrected chi connectivity index (χ0v) is 17.4. The Morgan fingerprint density at radius 3 is 2.77 bits per heavy atom. The van der Waals surface area contributed by atoms with Crippen LogP contribution >= 0.6 is 11.6 Å². The number of nitrogens with zero attached hydrogens (tertiary/aromatic N) is 7. The van der Waals surface area contributed by atoms with Crippen molar-refractivity contribution < 1.29 is 9.53 Å². The third-order valence-electron chi connectivity index (χ3n) is 4.75. The molecule has 0 saturated carbocycles. The van der Waals surface area contributed by atoms with Crippen molar-refractivity contribution in [2.45, 2.75) is 0 Å². The van der Waals surface area contributed by atoms with Gasteiger partial charge in [-0.1, -0.05) is 11.6 Å². The van der Waals surface area contributed by atoms with Crippen LogP contribution in [0.25, 0.3) is 28.1 Å². The molecule has 30 heavy (non-hydrogen) atoms. The number of hydrogen-bond acceptors (Lipinski definition) is 6. The van der Waals surface area contributed by atoms with Gasteiger partial charge in [0.15, 0.2) is 5.82 Å². The second kappa shape index (κ2) is 7.20. The van der Waals surface area contributed by atoms with Crippen molar-refractivity contribution >= 4 is 28.4 Å². The van der Waals surface area contributed by atoms with Gasteiger partial charge in [0.05, 0.1) is 30.2 Å². The highest BCUT2D eigenvalue weighted by Gasteiger charge is 2.27. The van der Waals surface area contributed by atoms with Gasteiger partial charge in [0.1, 0.15) is 22.5 Å². The zero-order valence-electron chi connectivity index (χ0n) is 16.6. The fourth-order valence-corrected chi connectivity index (χ4v) is 3.65. The molecule has 11 heteroatoms. The topological polar surface area (TPSA) is 118 Å². The van der Waals surface area contributed by atoms with Crippen LogP contribution in [0, 0.1) is 11.3 Å². The Kier molecular flexibility index (Phi) is 4.67. The number of nitriles is 1. The number of imidazole rings is 1. The minimum absolute atomic E-state index is 0.0351. The van der Waals surface area contributed by atoms with E-state index in [-0.39, 0.29) is 22.3 Å². The lowest BCUT2D eigenvalue weighted by Gasteiger charge is -2.07. The molecule has 10 nitrogen and oxygen atoms in total. The number of aryl methyl sites for hydroxylation is 1. The molecule has 4 aromatic rings. The van der Waals surface area contributed by atoms with Gasteiger partial charge in [0.25, 0.3) is 5.91 Å². The molecule has 1 N–H and O–H groups in total. The molecule has 3 aromatic heterocycles. The summed E-state index contributed by atoms with van der Waals surface area (Å²) >= 11 is 6.41. The standard InChI is InChI=1S/C19H17ClN8O2/c1-26(2)19(29)18-23-17(24-25-18)16-15(28-6-5-22-9-28)10-7-12(30-4)13(20)11(8-21)14(10)27(16)3/h5-7,9H,1-4H3,(H,23,24,25). The minimum atomic E-state index is -0.331. The van der Waals surface area contributed by atoms with Crippen molar-refractivity contribution in [3.05, 3.63) is 41.2 Å². The maximum Gasteiger partial charge on any atom is 0.293 e. The minimum Gasteiger partial charge on any atom is -0.495 e. The number of carbonyl (C=O) groups excluding carboxylic acids is 1. The second-order valence-electron chi connectivity index (χ2n) is 6.71. The molecule has 0 unspecified atom stereocenters. The first-order chi connectivity index (χ1) is 14.4. The summed E-state index contributed by atoms with van der Waals surface area (Å²) in [6.45, 7) is 0. The van der Waals surface area contributed by atoms with Gasteiger partial charge < -0.3 is 18.8 Å². The van der Waals surface area contributed by atoms with E-state index >= 15 is 0 Å². The van der Waals surface area contributed by atoms with Crippen LogP contribution in [-0.4, -0.2) is 61.3 Å². The average molecular weight is 425 g/mol. The van der Waals surface area contributed by atoms with Crippen molar-refractivity contribution in [2.24, 2.45) is 7.05 Å². The van der Waals surface area contributed by atoms with Gasteiger partial charge in [-0.2, -0.15) is 5.26 Å². The van der Waals surface area contributed by atoms with Crippen LogP contribution in [0.2, 0.25) is 5.02 Å². The van der Waals surface area contributed by atoms with E-state index in [9.17, 15) is 10.1 Å². The molecule has 0 spiro atoms. The van der Waals surface area contributed by atoms with Crippen LogP contribution in [0.5, 0.6) is 5.75 Å². The Balaban J connectivity index is 2.10. The molecule has 0 fully saturated rings. The Labute approximate surface area is 176 Å². The van der Waals surface area contributed by atoms with Crippen LogP contribution in [-0.2, 0) is 7.05 Å². The maximum atomic E-state index is 12.3. The molecule has 0 aliphatic rings. The van der Waals surface area contributed by atoms with Gasteiger partial charge in [-0.05, 0) is 6.07 Å². The molecule has 0 bridgehead atoms. The Morgan fingerprint density at radius 1 is 1.40 bits per heavy atom. The summed E-state index contributed by atoms with van der Waals surface area (Å²) in [4.78, 5) is 22.2. The van der Waals surface area contributed by atoms with Crippen molar-refractivity contribution in [1.82, 2.24) is 34.2 Å². The number of fused-ring (bicyclic) bond motifs is 1. The fraction of sp³-hybridized carbons (Fsp3) is 0.211. The Bertz CT molecular complexity index is 1310. The van der Waals surface area contributed by atoms with Crippen LogP contribution in [0.3, 0.4) is 0 Å². The molecule has 1 aromatic carbocycles. The molecule has 3 heterocycles. The van der Waals surface area contributed by atoms with Gasteiger partial charge in [-0.3, -0.25) is 9.89 Å². The lowest BCUT2D eigenvalue weighted by atomic mass is 10.1. The smallest absolute Gasteiger partial charge is 0.293 e. The summed E-state index contributed by atoms with van der Waals surface area (Å²) in [6, 6.07) is 3.93. The van der Waals surface area contributed by atoms with Crippen LogP contribution < -0.4 is 4.74 Å². The largest absolute Gasteiger partial charge is 0.495 e. The number of methoxy groups -OCH3 is 1. The van der Waals surface area contributed by atoms with E-state index in [0.717, 1.165) is 0 Å². The molecule has 0 aliphatic carbocycles. The van der Waals surface area contributed by atoms with Crippen LogP contribution in [0.15, 0.2) is 24.8 Å². The van der Waals surface area contributed by atoms with Crippen molar-refractivity contribution in [1.29, 1.82) is 5.26 Å². The van der Waals surface area contributed by atoms with E-state index in [1.165, 1.54) is 12.0 Å². The highest BCUT2D eigenvalue weighted by molar-refractivity contribution is 6.34. The number of halogens is 1. The summed E-state index contributed by atoms with van der Waals surface area (Å²) < 4.78 is 8.97. The van der Waals surface area contributed by atoms with Crippen molar-refractivity contribution in [3.63, 3.8) is 0 Å². The molecule has 0 aliphatic heterocycles. The first kappa shape index (κ1) is 19.5. The molecule has 4 rings (SSSR count). The van der Waals surface area contributed by atoms with Crippen LogP contribution in [0.1, 0.15) is 16.2 Å². The molecule has 0 saturated heterocycles. The average Bonchev–Trinajstić information content (AvgIpc) is 3.46. The first-order valence-electron chi connectivity index (χ1n) is 8.80. The number of nitrogens with one attached hydrogen (secondary N) is 1. The van der Waals surface area contributed by atoms with E-state index in [1.807, 2.05) is 0 Å². The SMILES string of the molecule is COc1cc2c(-n3ccnc3)c(-c3nc(C(=O)N(C)C)n[nH]3)n(C)c2c(C#N)c1Cl. The van der Waals surface area contributed by atoms with Crippen molar-refractivity contribution in [2.75, 3.05) is 21.2 Å². The number of aromatic nitrogens is 6. The predicted molar refractivity (Wildman–Crippen MR) is 110 cm³/mol. The Morgan fingerprint density at radius 2 is 2.17 bits per heavy atom. The third-order valence-corrected chi connectivity index (χ3v) is 5.13. The highest BCUT2D eigenvalue weighted by Crippen LogP contribution is 2.42. The van der Waals surface area contributed by atoms with Gasteiger partial charge in [0, 0.05) is 38.9 Å². The number of H-pyrrole nitrogens is 1. The third kappa shape index (κ3) is 2.79. The van der Waals surface area contributed by atoms with Crippen LogP contribution in [0.4, 0.5) is 0 Å². The number of rotatable bonds is 4. The fourth-order valence-electron chi connectivity index (χ4n) is 3.39. The van der Waals surface area contributed by atoms with Gasteiger partial charge in [-0.15, -0.1) is 5.10 Å². The van der Waals surface area contributed by atoms with E-state index in [0.29, 0.717) is 33.9 Å². The van der Waals surface area contributed by atoms with Crippen molar-refractivity contribution in [3.8, 4) is 29.0 Å². The summed E-state index contributed by atoms with van der Waals surface area (Å²) in [6.07, 6.45) is 5.05. The summed E-state index contributed by atoms with van der Waals surface area (Å²) in [7, 11) is 6.53. The number of aromatic amines is 1. The van der Waals surface area contributed by atoms with E-state index < -0.39 is 0 Å². The lowest BCUT2D eigenvalue weighted by molar-refractivity contribution is 0.0816. The molecule has 152 valence electrons. The molecular formula is C19H17ClN8O2. The maximum absolute atomic E-state index is 12.3. The van der Waals surface area contributed by atoms with Gasteiger partial charge in [0.2, 0.25) is 5.82 Å². The summed E-state index contributed by atoms with van der Waals surface area (Å²) in [5, 5.41) is 17.6. The number of amides is 1. The van der Waals surface area contributed by atoms with Gasteiger partial charge >= 0.3 is 0 Å². The Hall–Kier alpha value is -3.84. The quantitative estimate of drug-likeness (QED) is 0.537. The van der Waals surface area contributed by atoms with Gasteiger partial charge in [-0.25, -0.2) is 9.97 Å². The highest BCUT2D eigenvalue weighted by atomic mass is 35.5. The second-order valence-corrected chi connectivity index (χ2v) is 7.09. The van der Waals surface area contributed by atoms with E-state index in [1.54, 1.807) is 55.1 Å². The molecule has 0 atom stereocenters. The summed E-state index contributed by atoms with van der Waals surface area (Å²) in [5.41, 5.74) is 2.16. The molecule has 1 amide bonds. The number of benzene rings is 1. The zero-order chi connectivity index (χ0) is 21.6. The number of ether oxygens (including phenoxy) is 1. The van der Waals surface area contributed by atoms with E-state index in [2.05, 4.69) is 26.2 Å².